The van der Waals surface area contributed by atoms with E-state index in [1.165, 1.54) is 14.2 Å². The van der Waals surface area contributed by atoms with Crippen LogP contribution in [0.1, 0.15) is 23.6 Å². The van der Waals surface area contributed by atoms with Crippen molar-refractivity contribution in [3.8, 4) is 11.1 Å². The number of carbonyl (C=O) groups excluding carboxylic acids is 2. The van der Waals surface area contributed by atoms with Crippen LogP contribution in [0.25, 0.3) is 11.1 Å². The highest BCUT2D eigenvalue weighted by Crippen LogP contribution is 2.51. The lowest BCUT2D eigenvalue weighted by Crippen LogP contribution is -2.55. The summed E-state index contributed by atoms with van der Waals surface area (Å²) in [5.41, 5.74) is 4.35. The molecular formula is C26H25NO4. The van der Waals surface area contributed by atoms with Crippen molar-refractivity contribution in [1.82, 2.24) is 5.32 Å². The van der Waals surface area contributed by atoms with Crippen LogP contribution in [0.15, 0.2) is 78.9 Å². The molecule has 3 aromatic carbocycles. The second-order valence-electron chi connectivity index (χ2n) is 7.66. The molecule has 0 fully saturated rings. The normalized spacial score (nSPS) is 15.3. The molecule has 0 heterocycles. The molecular weight excluding hydrogens is 390 g/mol. The highest BCUT2D eigenvalue weighted by atomic mass is 16.5. The maximum Gasteiger partial charge on any atom is 0.323 e. The van der Waals surface area contributed by atoms with Crippen molar-refractivity contribution in [3.63, 3.8) is 0 Å². The van der Waals surface area contributed by atoms with E-state index in [4.69, 9.17) is 9.47 Å². The molecule has 0 radical (unpaired) electrons. The summed E-state index contributed by atoms with van der Waals surface area (Å²) in [7, 11) is 2.65. The topological polar surface area (TPSA) is 64.6 Å². The lowest BCUT2D eigenvalue weighted by Gasteiger charge is -2.38. The summed E-state index contributed by atoms with van der Waals surface area (Å²) in [6.07, 6.45) is 0. The van der Waals surface area contributed by atoms with Crippen LogP contribution in [-0.2, 0) is 24.6 Å². The molecule has 1 unspecified atom stereocenters. The van der Waals surface area contributed by atoms with Crippen LogP contribution in [0, 0.1) is 5.92 Å². The molecule has 0 aromatic heterocycles. The zero-order valence-electron chi connectivity index (χ0n) is 17.8. The second kappa shape index (κ2) is 8.36. The van der Waals surface area contributed by atoms with Crippen molar-refractivity contribution < 1.29 is 19.1 Å². The van der Waals surface area contributed by atoms with Crippen LogP contribution in [-0.4, -0.2) is 32.2 Å². The average Bonchev–Trinajstić information content (AvgIpc) is 3.12. The van der Waals surface area contributed by atoms with E-state index in [-0.39, 0.29) is 0 Å². The van der Waals surface area contributed by atoms with Crippen LogP contribution < -0.4 is 5.32 Å². The van der Waals surface area contributed by atoms with Crippen LogP contribution >= 0.6 is 0 Å². The lowest BCUT2D eigenvalue weighted by atomic mass is 9.79. The summed E-state index contributed by atoms with van der Waals surface area (Å²) < 4.78 is 10.0. The fourth-order valence-electron chi connectivity index (χ4n) is 4.54. The smallest absolute Gasteiger partial charge is 0.323 e. The summed E-state index contributed by atoms with van der Waals surface area (Å²) in [6, 6.07) is 25.3. The third-order valence-electron chi connectivity index (χ3n) is 6.06. The number of ether oxygens (including phenoxy) is 2. The van der Waals surface area contributed by atoms with E-state index in [0.29, 0.717) is 0 Å². The van der Waals surface area contributed by atoms with Gasteiger partial charge >= 0.3 is 11.9 Å². The lowest BCUT2D eigenvalue weighted by molar-refractivity contribution is -0.154. The molecule has 0 aliphatic heterocycles. The van der Waals surface area contributed by atoms with Gasteiger partial charge in [0.1, 0.15) is 6.04 Å². The summed E-state index contributed by atoms with van der Waals surface area (Å²) in [6.45, 7) is 1.67. The van der Waals surface area contributed by atoms with Crippen LogP contribution in [0.3, 0.4) is 0 Å². The molecule has 0 bridgehead atoms. The minimum absolute atomic E-state index is 0.481. The van der Waals surface area contributed by atoms with Gasteiger partial charge in [-0.1, -0.05) is 78.9 Å². The third kappa shape index (κ3) is 3.31. The minimum Gasteiger partial charge on any atom is -0.469 e. The molecule has 5 heteroatoms. The van der Waals surface area contributed by atoms with E-state index < -0.39 is 29.4 Å². The Hall–Kier alpha value is -3.44. The van der Waals surface area contributed by atoms with E-state index in [0.717, 1.165) is 27.8 Å². The fraction of sp³-hybridized carbons (Fsp3) is 0.231. The first-order valence-corrected chi connectivity index (χ1v) is 10.2. The van der Waals surface area contributed by atoms with Crippen LogP contribution in [0.2, 0.25) is 0 Å². The zero-order chi connectivity index (χ0) is 22.0. The predicted octanol–water partition coefficient (Wildman–Crippen LogP) is 3.90. The van der Waals surface area contributed by atoms with E-state index in [9.17, 15) is 9.59 Å². The number of nitrogens with one attached hydrogen (secondary N) is 1. The molecule has 158 valence electrons. The van der Waals surface area contributed by atoms with Crippen molar-refractivity contribution in [2.24, 2.45) is 5.92 Å². The van der Waals surface area contributed by atoms with Gasteiger partial charge in [0.15, 0.2) is 0 Å². The van der Waals surface area contributed by atoms with Crippen LogP contribution in [0.5, 0.6) is 0 Å². The van der Waals surface area contributed by atoms with Crippen molar-refractivity contribution in [2.75, 3.05) is 14.2 Å². The maximum absolute atomic E-state index is 12.9. The van der Waals surface area contributed by atoms with E-state index in [2.05, 4.69) is 29.6 Å². The fourth-order valence-corrected chi connectivity index (χ4v) is 4.54. The molecule has 2 atom stereocenters. The first kappa shape index (κ1) is 20.8. The highest BCUT2D eigenvalue weighted by molar-refractivity contribution is 5.87. The van der Waals surface area contributed by atoms with Crippen molar-refractivity contribution >= 4 is 11.9 Å². The number of methoxy groups -OCH3 is 2. The molecule has 1 aliphatic rings. The summed E-state index contributed by atoms with van der Waals surface area (Å²) >= 11 is 0. The van der Waals surface area contributed by atoms with Gasteiger partial charge in [-0.25, -0.2) is 0 Å². The average molecular weight is 415 g/mol. The van der Waals surface area contributed by atoms with Crippen molar-refractivity contribution in [2.45, 2.75) is 18.5 Å². The molecule has 0 spiro atoms. The number of benzene rings is 3. The van der Waals surface area contributed by atoms with E-state index in [1.54, 1.807) is 6.92 Å². The summed E-state index contributed by atoms with van der Waals surface area (Å²) in [5.74, 6) is -1.75. The number of carbonyl (C=O) groups is 2. The number of hydrogen-bond donors (Lipinski definition) is 1. The Morgan fingerprint density at radius 2 is 1.23 bits per heavy atom. The molecule has 1 aliphatic carbocycles. The van der Waals surface area contributed by atoms with Gasteiger partial charge in [-0.3, -0.25) is 14.9 Å². The molecule has 5 nitrogen and oxygen atoms in total. The quantitative estimate of drug-likeness (QED) is 0.619. The Balaban J connectivity index is 1.98. The van der Waals surface area contributed by atoms with E-state index >= 15 is 0 Å². The monoisotopic (exact) mass is 415 g/mol. The first-order chi connectivity index (χ1) is 15.0. The van der Waals surface area contributed by atoms with Crippen molar-refractivity contribution in [1.29, 1.82) is 0 Å². The molecule has 1 N–H and O–H groups in total. The minimum atomic E-state index is -0.920. The summed E-state index contributed by atoms with van der Waals surface area (Å²) in [4.78, 5) is 25.3. The van der Waals surface area contributed by atoms with Gasteiger partial charge in [-0.2, -0.15) is 0 Å². The molecule has 31 heavy (non-hydrogen) atoms. The standard InChI is InChI=1S/C26H25NO4/c1-17(24(28)30-2)23(25(29)31-3)27-26(18-11-5-4-6-12-18)21-15-9-7-13-19(21)20-14-8-10-16-22(20)26/h4-17,23,27H,1-3H3/t17?,23-/m0/s1. The van der Waals surface area contributed by atoms with E-state index in [1.807, 2.05) is 54.6 Å². The number of hydrogen-bond acceptors (Lipinski definition) is 5. The molecule has 0 saturated carbocycles. The second-order valence-corrected chi connectivity index (χ2v) is 7.66. The maximum atomic E-state index is 12.9. The Labute approximate surface area is 182 Å². The molecule has 0 saturated heterocycles. The van der Waals surface area contributed by atoms with Gasteiger partial charge in [0, 0.05) is 0 Å². The molecule has 3 aromatic rings. The molecule has 0 amide bonds. The number of fused-ring (bicyclic) bond motifs is 3. The van der Waals surface area contributed by atoms with Gasteiger partial charge < -0.3 is 9.47 Å². The van der Waals surface area contributed by atoms with Gasteiger partial charge in [-0.05, 0) is 34.7 Å². The molecule has 4 rings (SSSR count). The Morgan fingerprint density at radius 3 is 1.74 bits per heavy atom. The van der Waals surface area contributed by atoms with Crippen molar-refractivity contribution in [3.05, 3.63) is 95.6 Å². The Morgan fingerprint density at radius 1 is 0.742 bits per heavy atom. The van der Waals surface area contributed by atoms with Gasteiger partial charge in [0.25, 0.3) is 0 Å². The third-order valence-corrected chi connectivity index (χ3v) is 6.06. The number of rotatable bonds is 6. The van der Waals surface area contributed by atoms with Gasteiger partial charge in [0.2, 0.25) is 0 Å². The van der Waals surface area contributed by atoms with Gasteiger partial charge in [-0.15, -0.1) is 0 Å². The number of esters is 2. The predicted molar refractivity (Wildman–Crippen MR) is 118 cm³/mol. The van der Waals surface area contributed by atoms with Crippen LogP contribution in [0.4, 0.5) is 0 Å². The zero-order valence-corrected chi connectivity index (χ0v) is 17.8. The largest absolute Gasteiger partial charge is 0.469 e. The Bertz CT molecular complexity index is 1060. The summed E-state index contributed by atoms with van der Waals surface area (Å²) in [5, 5.41) is 3.55. The highest BCUT2D eigenvalue weighted by Gasteiger charge is 2.48. The SMILES string of the molecule is COC(=O)C(C)[C@H](NC1(c2ccccc2)c2ccccc2-c2ccccc21)C(=O)OC. The van der Waals surface area contributed by atoms with Gasteiger partial charge in [0.05, 0.1) is 25.7 Å². The Kier molecular flexibility index (Phi) is 5.61. The first-order valence-electron chi connectivity index (χ1n) is 10.2.